The maximum atomic E-state index is 5.45. The van der Waals surface area contributed by atoms with Gasteiger partial charge in [-0.3, -0.25) is 0 Å². The highest BCUT2D eigenvalue weighted by atomic mass is 16.5. The van der Waals surface area contributed by atoms with Crippen LogP contribution in [0.4, 0.5) is 0 Å². The molecule has 0 heterocycles. The fourth-order valence-corrected chi connectivity index (χ4v) is 3.57. The zero-order valence-electron chi connectivity index (χ0n) is 14.7. The van der Waals surface area contributed by atoms with Gasteiger partial charge in [-0.2, -0.15) is 0 Å². The summed E-state index contributed by atoms with van der Waals surface area (Å²) in [5.74, 6) is 2.07. The molecule has 1 aliphatic carbocycles. The van der Waals surface area contributed by atoms with Crippen LogP contribution in [0.25, 0.3) is 0 Å². The molecule has 0 saturated heterocycles. The topological polar surface area (TPSA) is 44.3 Å². The van der Waals surface area contributed by atoms with Crippen LogP contribution in [0.15, 0.2) is 36.4 Å². The summed E-state index contributed by atoms with van der Waals surface area (Å²) in [4.78, 5) is 0. The van der Waals surface area contributed by atoms with Crippen LogP contribution < -0.4 is 19.5 Å². The molecule has 0 aromatic heterocycles. The van der Waals surface area contributed by atoms with E-state index in [9.17, 15) is 0 Å². The zero-order chi connectivity index (χ0) is 16.9. The van der Waals surface area contributed by atoms with Crippen LogP contribution in [0, 0.1) is 0 Å². The molecule has 0 saturated carbocycles. The molecule has 0 aliphatic heterocycles. The first-order chi connectivity index (χ1) is 11.8. The lowest BCUT2D eigenvalue weighted by atomic mass is 9.87. The highest BCUT2D eigenvalue weighted by Crippen LogP contribution is 2.38. The summed E-state index contributed by atoms with van der Waals surface area (Å²) in [5.41, 5.74) is 4.15. The number of hydrogen-bond acceptors (Lipinski definition) is 3. The summed E-state index contributed by atoms with van der Waals surface area (Å²) in [6.07, 6.45) is 3.68. The molecule has 2 aromatic rings. The van der Waals surface area contributed by atoms with Gasteiger partial charge in [-0.25, -0.2) is 0 Å². The van der Waals surface area contributed by atoms with Gasteiger partial charge in [0.1, 0.15) is 12.6 Å². The van der Waals surface area contributed by atoms with Crippen molar-refractivity contribution in [2.24, 2.45) is 0 Å². The maximum Gasteiger partial charge on any atom is 0.203 e. The number of nitrogens with two attached hydrogens (primary N) is 1. The van der Waals surface area contributed by atoms with Crippen LogP contribution in [-0.2, 0) is 13.0 Å². The lowest BCUT2D eigenvalue weighted by Crippen LogP contribution is -2.84. The minimum atomic E-state index is 0.522. The average Bonchev–Trinajstić information content (AvgIpc) is 2.65. The van der Waals surface area contributed by atoms with Gasteiger partial charge in [-0.1, -0.05) is 24.3 Å². The molecule has 1 aliphatic rings. The molecule has 0 unspecified atom stereocenters. The van der Waals surface area contributed by atoms with Crippen molar-refractivity contribution in [3.63, 3.8) is 0 Å². The van der Waals surface area contributed by atoms with Gasteiger partial charge in [0, 0.05) is 17.5 Å². The minimum absolute atomic E-state index is 0.522. The number of hydrogen-bond donors (Lipinski definition) is 1. The van der Waals surface area contributed by atoms with Gasteiger partial charge >= 0.3 is 0 Å². The van der Waals surface area contributed by atoms with E-state index in [1.807, 2.05) is 12.1 Å². The molecule has 4 heteroatoms. The Labute approximate surface area is 143 Å². The first-order valence-corrected chi connectivity index (χ1v) is 8.46. The second-order valence-electron chi connectivity index (χ2n) is 6.17. The van der Waals surface area contributed by atoms with E-state index in [0.29, 0.717) is 23.3 Å². The number of benzene rings is 2. The van der Waals surface area contributed by atoms with Gasteiger partial charge in [-0.05, 0) is 30.5 Å². The van der Waals surface area contributed by atoms with Crippen molar-refractivity contribution in [3.05, 3.63) is 53.1 Å². The quantitative estimate of drug-likeness (QED) is 0.887. The predicted octanol–water partition coefficient (Wildman–Crippen LogP) is 2.85. The number of aryl methyl sites for hydroxylation is 1. The summed E-state index contributed by atoms with van der Waals surface area (Å²) in [5, 5.41) is 2.42. The second-order valence-corrected chi connectivity index (χ2v) is 6.17. The summed E-state index contributed by atoms with van der Waals surface area (Å²) in [6, 6.07) is 13.4. The molecule has 0 amide bonds. The molecule has 24 heavy (non-hydrogen) atoms. The largest absolute Gasteiger partial charge is 0.493 e. The molecule has 3 rings (SSSR count). The third-order valence-electron chi connectivity index (χ3n) is 4.78. The van der Waals surface area contributed by atoms with Crippen LogP contribution in [-0.4, -0.2) is 21.3 Å². The van der Waals surface area contributed by atoms with Crippen molar-refractivity contribution in [1.29, 1.82) is 0 Å². The van der Waals surface area contributed by atoms with Crippen LogP contribution in [0.1, 0.15) is 35.6 Å². The van der Waals surface area contributed by atoms with Crippen LogP contribution >= 0.6 is 0 Å². The number of fused-ring (bicyclic) bond motifs is 1. The van der Waals surface area contributed by atoms with Crippen molar-refractivity contribution in [3.8, 4) is 17.2 Å². The molecule has 0 fully saturated rings. The van der Waals surface area contributed by atoms with Gasteiger partial charge in [0.15, 0.2) is 11.5 Å². The van der Waals surface area contributed by atoms with E-state index in [0.717, 1.165) is 6.54 Å². The van der Waals surface area contributed by atoms with E-state index >= 15 is 0 Å². The van der Waals surface area contributed by atoms with Crippen molar-refractivity contribution >= 4 is 0 Å². The molecular weight excluding hydrogens is 302 g/mol. The SMILES string of the molecule is COc1cc(C[NH2+][C@H]2CCCc3ccccc32)cc(OC)c1OC. The molecule has 0 spiro atoms. The molecule has 2 N–H and O–H groups in total. The number of rotatable bonds is 6. The van der Waals surface area contributed by atoms with Crippen LogP contribution in [0.5, 0.6) is 17.2 Å². The Kier molecular flexibility index (Phi) is 5.26. The fourth-order valence-electron chi connectivity index (χ4n) is 3.57. The van der Waals surface area contributed by atoms with Gasteiger partial charge in [0.25, 0.3) is 0 Å². The molecule has 2 aromatic carbocycles. The summed E-state index contributed by atoms with van der Waals surface area (Å²) in [6.45, 7) is 0.885. The van der Waals surface area contributed by atoms with E-state index in [4.69, 9.17) is 14.2 Å². The second kappa shape index (κ2) is 7.58. The standard InChI is InChI=1S/C20H25NO3/c1-22-18-11-14(12-19(23-2)20(18)24-3)13-21-17-10-6-8-15-7-4-5-9-16(15)17/h4-5,7,9,11-12,17,21H,6,8,10,13H2,1-3H3/p+1/t17-/m0/s1. The smallest absolute Gasteiger partial charge is 0.203 e. The molecule has 1 atom stereocenters. The van der Waals surface area contributed by atoms with Crippen LogP contribution in [0.2, 0.25) is 0 Å². The van der Waals surface area contributed by atoms with Gasteiger partial charge < -0.3 is 19.5 Å². The number of ether oxygens (including phenoxy) is 3. The first kappa shape index (κ1) is 16.7. The third-order valence-corrected chi connectivity index (χ3v) is 4.78. The summed E-state index contributed by atoms with van der Waals surface area (Å²) < 4.78 is 16.3. The van der Waals surface area contributed by atoms with E-state index in [2.05, 4.69) is 29.6 Å². The van der Waals surface area contributed by atoms with Gasteiger partial charge in [0.2, 0.25) is 5.75 Å². The van der Waals surface area contributed by atoms with E-state index in [1.54, 1.807) is 21.3 Å². The Bertz CT molecular complexity index is 674. The Morgan fingerprint density at radius 3 is 2.38 bits per heavy atom. The van der Waals surface area contributed by atoms with Gasteiger partial charge in [0.05, 0.1) is 21.3 Å². The summed E-state index contributed by atoms with van der Waals surface area (Å²) in [7, 11) is 4.94. The molecule has 0 radical (unpaired) electrons. The first-order valence-electron chi connectivity index (χ1n) is 8.46. The molecular formula is C20H26NO3+. The Morgan fingerprint density at radius 1 is 1.00 bits per heavy atom. The number of quaternary nitrogens is 1. The van der Waals surface area contributed by atoms with Crippen molar-refractivity contribution in [2.75, 3.05) is 21.3 Å². The van der Waals surface area contributed by atoms with Gasteiger partial charge in [-0.15, -0.1) is 0 Å². The zero-order valence-corrected chi connectivity index (χ0v) is 14.7. The Morgan fingerprint density at radius 2 is 1.71 bits per heavy atom. The Hall–Kier alpha value is -2.20. The van der Waals surface area contributed by atoms with Crippen molar-refractivity contribution < 1.29 is 19.5 Å². The average molecular weight is 328 g/mol. The monoisotopic (exact) mass is 328 g/mol. The number of methoxy groups -OCH3 is 3. The predicted molar refractivity (Wildman–Crippen MR) is 93.8 cm³/mol. The normalized spacial score (nSPS) is 16.4. The summed E-state index contributed by atoms with van der Waals surface area (Å²) >= 11 is 0. The van der Waals surface area contributed by atoms with Crippen molar-refractivity contribution in [1.82, 2.24) is 0 Å². The molecule has 4 nitrogen and oxygen atoms in total. The fraction of sp³-hybridized carbons (Fsp3) is 0.400. The molecule has 128 valence electrons. The Balaban J connectivity index is 1.78. The van der Waals surface area contributed by atoms with Crippen molar-refractivity contribution in [2.45, 2.75) is 31.8 Å². The lowest BCUT2D eigenvalue weighted by molar-refractivity contribution is -0.712. The highest BCUT2D eigenvalue weighted by molar-refractivity contribution is 5.53. The van der Waals surface area contributed by atoms with E-state index in [1.165, 1.54) is 36.0 Å². The van der Waals surface area contributed by atoms with E-state index < -0.39 is 0 Å². The minimum Gasteiger partial charge on any atom is -0.493 e. The maximum absolute atomic E-state index is 5.45. The van der Waals surface area contributed by atoms with Crippen LogP contribution in [0.3, 0.4) is 0 Å². The lowest BCUT2D eigenvalue weighted by Gasteiger charge is -2.24. The highest BCUT2D eigenvalue weighted by Gasteiger charge is 2.23. The molecule has 0 bridgehead atoms. The third kappa shape index (κ3) is 3.34. The van der Waals surface area contributed by atoms with E-state index in [-0.39, 0.29) is 0 Å².